The normalized spacial score (nSPS) is 10.3. The molecule has 1 heterocycles. The summed E-state index contributed by atoms with van der Waals surface area (Å²) < 4.78 is 25.7. The Labute approximate surface area is 108 Å². The van der Waals surface area contributed by atoms with Crippen molar-refractivity contribution < 1.29 is 13.6 Å². The van der Waals surface area contributed by atoms with Gasteiger partial charge in [0, 0.05) is 12.7 Å². The molecule has 0 aliphatic carbocycles. The fraction of sp³-hybridized carbons (Fsp3) is 0.154. The third-order valence-corrected chi connectivity index (χ3v) is 2.45. The molecule has 0 atom stereocenters. The number of hydrogen-bond acceptors (Lipinski definition) is 3. The maximum atomic E-state index is 13.0. The van der Waals surface area contributed by atoms with Crippen molar-refractivity contribution in [2.75, 3.05) is 0 Å². The molecular weight excluding hydrogens is 252 g/mol. The average molecular weight is 263 g/mol. The molecule has 0 unspecified atom stereocenters. The smallest absolute Gasteiger partial charge is 0.270 e. The van der Waals surface area contributed by atoms with Gasteiger partial charge < -0.3 is 5.32 Å². The van der Waals surface area contributed by atoms with Crippen LogP contribution in [0.4, 0.5) is 8.78 Å². The van der Waals surface area contributed by atoms with Crippen LogP contribution in [0.2, 0.25) is 0 Å². The minimum Gasteiger partial charge on any atom is -0.347 e. The first kappa shape index (κ1) is 13.1. The minimum atomic E-state index is -0.940. The Morgan fingerprint density at radius 1 is 1.26 bits per heavy atom. The first-order chi connectivity index (χ1) is 9.06. The number of benzene rings is 1. The molecule has 0 saturated carbocycles. The molecule has 0 spiro atoms. The van der Waals surface area contributed by atoms with Gasteiger partial charge in [0.05, 0.1) is 0 Å². The van der Waals surface area contributed by atoms with E-state index in [9.17, 15) is 13.6 Å². The Kier molecular flexibility index (Phi) is 3.79. The first-order valence-electron chi connectivity index (χ1n) is 5.58. The zero-order chi connectivity index (χ0) is 13.8. The Hall–Kier alpha value is -2.37. The minimum absolute atomic E-state index is 0.0963. The molecule has 0 aliphatic heterocycles. The summed E-state index contributed by atoms with van der Waals surface area (Å²) in [6.45, 7) is 1.77. The lowest BCUT2D eigenvalue weighted by Crippen LogP contribution is -2.24. The molecule has 98 valence electrons. The topological polar surface area (TPSA) is 54.9 Å². The van der Waals surface area contributed by atoms with Gasteiger partial charge in [0.15, 0.2) is 11.6 Å². The number of carbonyl (C=O) groups is 1. The lowest BCUT2D eigenvalue weighted by atomic mass is 10.2. The third kappa shape index (κ3) is 3.31. The van der Waals surface area contributed by atoms with E-state index in [1.54, 1.807) is 6.92 Å². The van der Waals surface area contributed by atoms with Gasteiger partial charge in [-0.25, -0.2) is 18.7 Å². The Morgan fingerprint density at radius 2 is 2.05 bits per heavy atom. The van der Waals surface area contributed by atoms with Crippen molar-refractivity contribution in [1.82, 2.24) is 15.3 Å². The van der Waals surface area contributed by atoms with Crippen LogP contribution in [0.5, 0.6) is 0 Å². The monoisotopic (exact) mass is 263 g/mol. The summed E-state index contributed by atoms with van der Waals surface area (Å²) in [5, 5.41) is 2.57. The van der Waals surface area contributed by atoms with Crippen LogP contribution in [0.3, 0.4) is 0 Å². The predicted molar refractivity (Wildman–Crippen MR) is 64.3 cm³/mol. The van der Waals surface area contributed by atoms with Gasteiger partial charge in [-0.3, -0.25) is 4.79 Å². The van der Waals surface area contributed by atoms with Crippen molar-refractivity contribution in [3.63, 3.8) is 0 Å². The summed E-state index contributed by atoms with van der Waals surface area (Å²) in [7, 11) is 0. The molecule has 2 aromatic rings. The summed E-state index contributed by atoms with van der Waals surface area (Å²) in [5.74, 6) is -1.76. The molecule has 0 bridgehead atoms. The summed E-state index contributed by atoms with van der Waals surface area (Å²) in [5.41, 5.74) is 0.702. The Bertz CT molecular complexity index is 617. The quantitative estimate of drug-likeness (QED) is 0.921. The van der Waals surface area contributed by atoms with Gasteiger partial charge in [0.25, 0.3) is 5.91 Å². The highest BCUT2D eigenvalue weighted by Gasteiger charge is 2.08. The lowest BCUT2D eigenvalue weighted by molar-refractivity contribution is 0.0945. The Morgan fingerprint density at radius 3 is 2.74 bits per heavy atom. The van der Waals surface area contributed by atoms with Crippen molar-refractivity contribution in [1.29, 1.82) is 0 Å². The van der Waals surface area contributed by atoms with Gasteiger partial charge in [0.1, 0.15) is 11.5 Å². The number of halogens is 2. The molecule has 1 N–H and O–H groups in total. The maximum Gasteiger partial charge on any atom is 0.270 e. The number of nitrogens with zero attached hydrogens (tertiary/aromatic N) is 2. The van der Waals surface area contributed by atoms with Crippen molar-refractivity contribution in [2.45, 2.75) is 13.5 Å². The van der Waals surface area contributed by atoms with Crippen LogP contribution < -0.4 is 5.32 Å². The van der Waals surface area contributed by atoms with E-state index in [4.69, 9.17) is 0 Å². The van der Waals surface area contributed by atoms with Crippen LogP contribution in [0, 0.1) is 18.6 Å². The average Bonchev–Trinajstić information content (AvgIpc) is 2.40. The maximum absolute atomic E-state index is 13.0. The number of amides is 1. The fourth-order valence-electron chi connectivity index (χ4n) is 1.51. The molecule has 0 radical (unpaired) electrons. The number of carbonyl (C=O) groups excluding carboxylic acids is 1. The van der Waals surface area contributed by atoms with E-state index in [-0.39, 0.29) is 12.2 Å². The van der Waals surface area contributed by atoms with Crippen LogP contribution in [-0.4, -0.2) is 15.9 Å². The molecule has 1 aromatic heterocycles. The molecule has 2 rings (SSSR count). The van der Waals surface area contributed by atoms with Crippen molar-refractivity contribution in [2.24, 2.45) is 0 Å². The number of hydrogen-bond donors (Lipinski definition) is 1. The van der Waals surface area contributed by atoms with E-state index >= 15 is 0 Å². The van der Waals surface area contributed by atoms with E-state index in [1.165, 1.54) is 18.3 Å². The van der Waals surface area contributed by atoms with Gasteiger partial charge in [0.2, 0.25) is 0 Å². The molecule has 6 heteroatoms. The summed E-state index contributed by atoms with van der Waals surface area (Å²) in [6, 6.07) is 4.95. The van der Waals surface area contributed by atoms with Gasteiger partial charge >= 0.3 is 0 Å². The highest BCUT2D eigenvalue weighted by molar-refractivity contribution is 5.92. The second-order valence-corrected chi connectivity index (χ2v) is 3.92. The zero-order valence-corrected chi connectivity index (χ0v) is 10.2. The number of nitrogens with one attached hydrogen (secondary N) is 1. The molecule has 19 heavy (non-hydrogen) atoms. The molecule has 0 saturated heterocycles. The number of aromatic nitrogens is 2. The lowest BCUT2D eigenvalue weighted by Gasteiger charge is -2.05. The van der Waals surface area contributed by atoms with E-state index in [0.29, 0.717) is 11.4 Å². The zero-order valence-electron chi connectivity index (χ0n) is 10.2. The largest absolute Gasteiger partial charge is 0.347 e. The van der Waals surface area contributed by atoms with Crippen LogP contribution >= 0.6 is 0 Å². The Balaban J connectivity index is 2.02. The van der Waals surface area contributed by atoms with Gasteiger partial charge in [-0.15, -0.1) is 0 Å². The van der Waals surface area contributed by atoms with E-state index in [0.717, 1.165) is 12.1 Å². The van der Waals surface area contributed by atoms with Gasteiger partial charge in [-0.2, -0.15) is 0 Å². The molecular formula is C13H11F2N3O. The third-order valence-electron chi connectivity index (χ3n) is 2.45. The summed E-state index contributed by atoms with van der Waals surface area (Å²) in [4.78, 5) is 19.6. The van der Waals surface area contributed by atoms with Crippen LogP contribution in [0.15, 0.2) is 30.5 Å². The first-order valence-corrected chi connectivity index (χ1v) is 5.58. The SMILES string of the molecule is Cc1nccc(C(=O)NCc2ccc(F)c(F)c2)n1. The van der Waals surface area contributed by atoms with Crippen molar-refractivity contribution in [3.05, 3.63) is 59.2 Å². The summed E-state index contributed by atoms with van der Waals surface area (Å²) in [6.07, 6.45) is 1.48. The molecule has 0 fully saturated rings. The van der Waals surface area contributed by atoms with E-state index in [2.05, 4.69) is 15.3 Å². The van der Waals surface area contributed by atoms with Gasteiger partial charge in [-0.05, 0) is 30.7 Å². The van der Waals surface area contributed by atoms with E-state index < -0.39 is 17.5 Å². The molecule has 0 aliphatic rings. The second kappa shape index (κ2) is 5.51. The second-order valence-electron chi connectivity index (χ2n) is 3.92. The van der Waals surface area contributed by atoms with Crippen LogP contribution in [-0.2, 0) is 6.54 Å². The van der Waals surface area contributed by atoms with Crippen LogP contribution in [0.1, 0.15) is 21.9 Å². The highest BCUT2D eigenvalue weighted by atomic mass is 19.2. The molecule has 1 amide bonds. The van der Waals surface area contributed by atoms with E-state index in [1.807, 2.05) is 0 Å². The van der Waals surface area contributed by atoms with Crippen molar-refractivity contribution in [3.8, 4) is 0 Å². The highest BCUT2D eigenvalue weighted by Crippen LogP contribution is 2.08. The van der Waals surface area contributed by atoms with Crippen LogP contribution in [0.25, 0.3) is 0 Å². The number of rotatable bonds is 3. The predicted octanol–water partition coefficient (Wildman–Crippen LogP) is 1.99. The van der Waals surface area contributed by atoms with Crippen molar-refractivity contribution >= 4 is 5.91 Å². The molecule has 1 aromatic carbocycles. The number of aryl methyl sites for hydroxylation is 1. The fourth-order valence-corrected chi connectivity index (χ4v) is 1.51. The molecule has 4 nitrogen and oxygen atoms in total. The van der Waals surface area contributed by atoms with Gasteiger partial charge in [-0.1, -0.05) is 6.07 Å². The standard InChI is InChI=1S/C13H11F2N3O/c1-8-16-5-4-12(18-8)13(19)17-7-9-2-3-10(14)11(15)6-9/h2-6H,7H2,1H3,(H,17,19). The summed E-state index contributed by atoms with van der Waals surface area (Å²) >= 11 is 0.